The summed E-state index contributed by atoms with van der Waals surface area (Å²) in [6.07, 6.45) is 14.3. The fourth-order valence-corrected chi connectivity index (χ4v) is 4.69. The van der Waals surface area contributed by atoms with Gasteiger partial charge in [-0.25, -0.2) is 0 Å². The zero-order chi connectivity index (χ0) is 22.9. The maximum absolute atomic E-state index is 11.2. The standard InChI is InChI=1S/C25H49N3OS/c1-19(2)10-7-11-20(3)12-8-13-21(4)14-9-15-22(5)16-17-30-18-24(25(26)27)28-23(6)29/h16,19-21,24H,7-15,17-18H2,1-6H3,(H3,26,27)(H,28,29)/b22-16+. The summed E-state index contributed by atoms with van der Waals surface area (Å²) < 4.78 is 0. The van der Waals surface area contributed by atoms with Gasteiger partial charge in [0.2, 0.25) is 5.91 Å². The minimum atomic E-state index is -0.361. The van der Waals surface area contributed by atoms with Crippen LogP contribution in [0.4, 0.5) is 0 Å². The molecule has 0 spiro atoms. The fourth-order valence-electron chi connectivity index (χ4n) is 3.65. The summed E-state index contributed by atoms with van der Waals surface area (Å²) in [7, 11) is 0. The van der Waals surface area contributed by atoms with Gasteiger partial charge in [-0.1, -0.05) is 84.3 Å². The van der Waals surface area contributed by atoms with E-state index in [0.717, 1.165) is 23.5 Å². The highest BCUT2D eigenvalue weighted by Gasteiger charge is 2.12. The molecule has 0 aromatic rings. The van der Waals surface area contributed by atoms with Gasteiger partial charge < -0.3 is 11.1 Å². The minimum Gasteiger partial charge on any atom is -0.386 e. The van der Waals surface area contributed by atoms with Crippen molar-refractivity contribution >= 4 is 23.5 Å². The van der Waals surface area contributed by atoms with Gasteiger partial charge in [0, 0.05) is 18.4 Å². The summed E-state index contributed by atoms with van der Waals surface area (Å²) in [5, 5.41) is 10.3. The van der Waals surface area contributed by atoms with Crippen molar-refractivity contribution in [1.29, 1.82) is 5.41 Å². The Balaban J connectivity index is 3.84. The van der Waals surface area contributed by atoms with Gasteiger partial charge in [-0.15, -0.1) is 0 Å². The quantitative estimate of drug-likeness (QED) is 0.0981. The molecule has 4 N–H and O–H groups in total. The molecular weight excluding hydrogens is 390 g/mol. The molecule has 0 aliphatic carbocycles. The van der Waals surface area contributed by atoms with Crippen LogP contribution in [0.1, 0.15) is 99.3 Å². The molecular formula is C25H49N3OS. The molecule has 0 aromatic carbocycles. The average Bonchev–Trinajstić information content (AvgIpc) is 2.63. The molecule has 0 radical (unpaired) electrons. The first-order chi connectivity index (χ1) is 14.1. The smallest absolute Gasteiger partial charge is 0.217 e. The molecule has 5 heteroatoms. The van der Waals surface area contributed by atoms with E-state index in [0.29, 0.717) is 5.75 Å². The second kappa shape index (κ2) is 17.7. The molecule has 0 saturated heterocycles. The second-order valence-corrected chi connectivity index (χ2v) is 10.7. The van der Waals surface area contributed by atoms with Crippen molar-refractivity contribution in [1.82, 2.24) is 5.32 Å². The Kier molecular flexibility index (Phi) is 17.1. The van der Waals surface area contributed by atoms with Gasteiger partial charge in [0.05, 0.1) is 6.04 Å². The van der Waals surface area contributed by atoms with E-state index in [1.165, 1.54) is 70.3 Å². The number of hydrogen-bond acceptors (Lipinski definition) is 3. The van der Waals surface area contributed by atoms with Crippen LogP contribution in [-0.4, -0.2) is 29.3 Å². The molecule has 0 saturated carbocycles. The van der Waals surface area contributed by atoms with Crippen molar-refractivity contribution < 1.29 is 4.79 Å². The van der Waals surface area contributed by atoms with Gasteiger partial charge in [0.15, 0.2) is 0 Å². The molecule has 1 amide bonds. The average molecular weight is 440 g/mol. The second-order valence-electron chi connectivity index (χ2n) is 9.65. The largest absolute Gasteiger partial charge is 0.386 e. The summed E-state index contributed by atoms with van der Waals surface area (Å²) in [5.41, 5.74) is 6.98. The van der Waals surface area contributed by atoms with Crippen molar-refractivity contribution in [3.05, 3.63) is 11.6 Å². The molecule has 3 atom stereocenters. The number of nitrogens with one attached hydrogen (secondary N) is 2. The number of carbonyl (C=O) groups excluding carboxylic acids is 1. The normalized spacial score (nSPS) is 15.1. The SMILES string of the molecule is CC(=O)NC(CSC/C=C(\C)CCCC(C)CCCC(C)CCCC(C)C)C(=N)N. The molecule has 0 aromatic heterocycles. The lowest BCUT2D eigenvalue weighted by Gasteiger charge is -2.15. The van der Waals surface area contributed by atoms with Crippen molar-refractivity contribution in [3.63, 3.8) is 0 Å². The summed E-state index contributed by atoms with van der Waals surface area (Å²) in [5.74, 6) is 3.98. The highest BCUT2D eigenvalue weighted by atomic mass is 32.2. The third-order valence-corrected chi connectivity index (χ3v) is 6.70. The van der Waals surface area contributed by atoms with Crippen LogP contribution in [0.2, 0.25) is 0 Å². The predicted octanol–water partition coefficient (Wildman–Crippen LogP) is 6.55. The van der Waals surface area contributed by atoms with Gasteiger partial charge in [-0.05, 0) is 37.5 Å². The Bertz CT molecular complexity index is 505. The molecule has 4 nitrogen and oxygen atoms in total. The predicted molar refractivity (Wildman–Crippen MR) is 135 cm³/mol. The van der Waals surface area contributed by atoms with Crippen LogP contribution in [0.25, 0.3) is 0 Å². The molecule has 0 heterocycles. The van der Waals surface area contributed by atoms with Crippen LogP contribution in [-0.2, 0) is 4.79 Å². The molecule has 0 rings (SSSR count). The van der Waals surface area contributed by atoms with E-state index in [9.17, 15) is 4.79 Å². The van der Waals surface area contributed by atoms with E-state index in [1.54, 1.807) is 11.8 Å². The van der Waals surface area contributed by atoms with E-state index < -0.39 is 0 Å². The van der Waals surface area contributed by atoms with Crippen LogP contribution in [0.5, 0.6) is 0 Å². The first-order valence-corrected chi connectivity index (χ1v) is 13.1. The molecule has 0 fully saturated rings. The number of thioether (sulfide) groups is 1. The van der Waals surface area contributed by atoms with Crippen molar-refractivity contribution in [2.75, 3.05) is 11.5 Å². The van der Waals surface area contributed by atoms with Crippen molar-refractivity contribution in [3.8, 4) is 0 Å². The third-order valence-electron chi connectivity index (χ3n) is 5.73. The lowest BCUT2D eigenvalue weighted by atomic mass is 9.91. The number of carbonyl (C=O) groups is 1. The van der Waals surface area contributed by atoms with Gasteiger partial charge in [-0.2, -0.15) is 11.8 Å². The Hall–Kier alpha value is -0.970. The number of allylic oxidation sites excluding steroid dienone is 1. The maximum Gasteiger partial charge on any atom is 0.217 e. The van der Waals surface area contributed by atoms with Crippen molar-refractivity contribution in [2.24, 2.45) is 23.5 Å². The number of amidine groups is 1. The van der Waals surface area contributed by atoms with Crippen LogP contribution in [0.15, 0.2) is 11.6 Å². The maximum atomic E-state index is 11.2. The summed E-state index contributed by atoms with van der Waals surface area (Å²) >= 11 is 1.71. The Morgan fingerprint density at radius 1 is 0.967 bits per heavy atom. The fraction of sp³-hybridized carbons (Fsp3) is 0.840. The van der Waals surface area contributed by atoms with Crippen LogP contribution in [0, 0.1) is 23.2 Å². The van der Waals surface area contributed by atoms with Crippen LogP contribution in [0.3, 0.4) is 0 Å². The topological polar surface area (TPSA) is 79.0 Å². The van der Waals surface area contributed by atoms with E-state index in [4.69, 9.17) is 11.1 Å². The van der Waals surface area contributed by atoms with Crippen molar-refractivity contribution in [2.45, 2.75) is 105 Å². The van der Waals surface area contributed by atoms with E-state index in [2.05, 4.69) is 46.0 Å². The molecule has 3 unspecified atom stereocenters. The summed E-state index contributed by atoms with van der Waals surface area (Å²) in [4.78, 5) is 11.2. The molecule has 0 aliphatic rings. The number of hydrogen-bond donors (Lipinski definition) is 3. The monoisotopic (exact) mass is 439 g/mol. The highest BCUT2D eigenvalue weighted by molar-refractivity contribution is 7.99. The third kappa shape index (κ3) is 17.9. The highest BCUT2D eigenvalue weighted by Crippen LogP contribution is 2.22. The lowest BCUT2D eigenvalue weighted by Crippen LogP contribution is -2.44. The van der Waals surface area contributed by atoms with Gasteiger partial charge in [0.1, 0.15) is 5.84 Å². The van der Waals surface area contributed by atoms with E-state index in [1.807, 2.05) is 0 Å². The van der Waals surface area contributed by atoms with E-state index >= 15 is 0 Å². The Morgan fingerprint density at radius 2 is 1.50 bits per heavy atom. The van der Waals surface area contributed by atoms with Gasteiger partial charge in [-0.3, -0.25) is 10.2 Å². The Labute approximate surface area is 191 Å². The summed E-state index contributed by atoms with van der Waals surface area (Å²) in [6.45, 7) is 13.1. The molecule has 0 aliphatic heterocycles. The molecule has 0 bridgehead atoms. The van der Waals surface area contributed by atoms with E-state index in [-0.39, 0.29) is 17.8 Å². The number of rotatable bonds is 18. The van der Waals surface area contributed by atoms with Gasteiger partial charge >= 0.3 is 0 Å². The number of nitrogens with two attached hydrogens (primary N) is 1. The number of amides is 1. The van der Waals surface area contributed by atoms with Crippen LogP contribution >= 0.6 is 11.8 Å². The van der Waals surface area contributed by atoms with Crippen LogP contribution < -0.4 is 11.1 Å². The zero-order valence-electron chi connectivity index (χ0n) is 20.6. The Morgan fingerprint density at radius 3 is 2.00 bits per heavy atom. The molecule has 176 valence electrons. The summed E-state index contributed by atoms with van der Waals surface area (Å²) in [6, 6.07) is -0.361. The zero-order valence-corrected chi connectivity index (χ0v) is 21.4. The molecule has 30 heavy (non-hydrogen) atoms. The van der Waals surface area contributed by atoms with Gasteiger partial charge in [0.25, 0.3) is 0 Å². The first-order valence-electron chi connectivity index (χ1n) is 12.0. The minimum absolute atomic E-state index is 0.0253. The first kappa shape index (κ1) is 29.0. The lowest BCUT2D eigenvalue weighted by molar-refractivity contribution is -0.119.